The van der Waals surface area contributed by atoms with Crippen molar-refractivity contribution in [3.63, 3.8) is 0 Å². The van der Waals surface area contributed by atoms with Crippen LogP contribution in [0.4, 0.5) is 10.7 Å². The van der Waals surface area contributed by atoms with Gasteiger partial charge in [0.05, 0.1) is 12.8 Å². The third-order valence-electron chi connectivity index (χ3n) is 2.64. The Morgan fingerprint density at radius 1 is 1.52 bits per heavy atom. The zero-order valence-corrected chi connectivity index (χ0v) is 13.4. The van der Waals surface area contributed by atoms with Crippen molar-refractivity contribution in [3.05, 3.63) is 10.4 Å². The van der Waals surface area contributed by atoms with Gasteiger partial charge in [-0.05, 0) is 12.3 Å². The molecule has 0 fully saturated rings. The van der Waals surface area contributed by atoms with Crippen molar-refractivity contribution in [2.75, 3.05) is 37.9 Å². The van der Waals surface area contributed by atoms with Gasteiger partial charge in [0.15, 0.2) is 0 Å². The van der Waals surface area contributed by atoms with E-state index in [0.717, 1.165) is 24.4 Å². The van der Waals surface area contributed by atoms with Gasteiger partial charge in [0.1, 0.15) is 21.5 Å². The second kappa shape index (κ2) is 8.49. The number of methoxy groups -OCH3 is 1. The molecule has 116 valence electrons. The highest BCUT2D eigenvalue weighted by Crippen LogP contribution is 2.35. The predicted octanol–water partition coefficient (Wildman–Crippen LogP) is 2.46. The first-order chi connectivity index (χ1) is 10.0. The summed E-state index contributed by atoms with van der Waals surface area (Å²) in [6, 6.07) is 1.98. The molecule has 21 heavy (non-hydrogen) atoms. The third-order valence-corrected chi connectivity index (χ3v) is 3.71. The summed E-state index contributed by atoms with van der Waals surface area (Å²) in [7, 11) is 1.29. The summed E-state index contributed by atoms with van der Waals surface area (Å²) in [4.78, 5) is 12.0. The van der Waals surface area contributed by atoms with Crippen LogP contribution in [-0.4, -0.2) is 32.8 Å². The van der Waals surface area contributed by atoms with Crippen molar-refractivity contribution in [1.82, 2.24) is 0 Å². The normalized spacial score (nSPS) is 10.4. The number of nitrogen functional groups attached to an aromatic ring is 1. The van der Waals surface area contributed by atoms with E-state index in [1.807, 2.05) is 6.07 Å². The number of nitriles is 1. The maximum absolute atomic E-state index is 11.7. The molecule has 0 unspecified atom stereocenters. The van der Waals surface area contributed by atoms with Crippen LogP contribution in [0.3, 0.4) is 0 Å². The molecule has 1 aromatic rings. The lowest BCUT2D eigenvalue weighted by molar-refractivity contribution is 0.0603. The van der Waals surface area contributed by atoms with E-state index in [9.17, 15) is 4.79 Å². The third kappa shape index (κ3) is 4.92. The molecule has 6 nitrogen and oxygen atoms in total. The Labute approximate surface area is 128 Å². The van der Waals surface area contributed by atoms with Crippen molar-refractivity contribution < 1.29 is 14.3 Å². The van der Waals surface area contributed by atoms with Crippen LogP contribution in [0.5, 0.6) is 0 Å². The van der Waals surface area contributed by atoms with Gasteiger partial charge in [-0.1, -0.05) is 13.8 Å². The molecule has 0 amide bonds. The Morgan fingerprint density at radius 2 is 2.24 bits per heavy atom. The lowest BCUT2D eigenvalue weighted by atomic mass is 10.2. The summed E-state index contributed by atoms with van der Waals surface area (Å²) in [5.41, 5.74) is 6.21. The van der Waals surface area contributed by atoms with Crippen molar-refractivity contribution in [1.29, 1.82) is 5.26 Å². The molecule has 0 aliphatic carbocycles. The zero-order chi connectivity index (χ0) is 15.8. The molecule has 0 aliphatic heterocycles. The van der Waals surface area contributed by atoms with Crippen molar-refractivity contribution in [3.8, 4) is 6.07 Å². The number of rotatable bonds is 8. The van der Waals surface area contributed by atoms with Crippen molar-refractivity contribution >= 4 is 28.0 Å². The van der Waals surface area contributed by atoms with Gasteiger partial charge in [0.2, 0.25) is 0 Å². The Morgan fingerprint density at radius 3 is 2.81 bits per heavy atom. The molecule has 0 aliphatic rings. The standard InChI is InChI=1S/C14H21N3O3S/c1-9(2)8-20-6-4-5-17-13-11(14(18)19-3)12(16)10(7-15)21-13/h9,17H,4-6,8,16H2,1-3H3. The minimum atomic E-state index is -0.538. The van der Waals surface area contributed by atoms with E-state index in [1.165, 1.54) is 7.11 Å². The first kappa shape index (κ1) is 17.3. The molecule has 7 heteroatoms. The second-order valence-electron chi connectivity index (χ2n) is 4.90. The lowest BCUT2D eigenvalue weighted by Gasteiger charge is -2.08. The van der Waals surface area contributed by atoms with Gasteiger partial charge in [0, 0.05) is 19.8 Å². The molecule has 3 N–H and O–H groups in total. The molecule has 0 saturated heterocycles. The van der Waals surface area contributed by atoms with Gasteiger partial charge >= 0.3 is 5.97 Å². The molecule has 0 aromatic carbocycles. The molecular formula is C14H21N3O3S. The highest BCUT2D eigenvalue weighted by Gasteiger charge is 2.22. The number of carbonyl (C=O) groups excluding carboxylic acids is 1. The average molecular weight is 311 g/mol. The van der Waals surface area contributed by atoms with Crippen LogP contribution in [0.2, 0.25) is 0 Å². The number of anilines is 2. The summed E-state index contributed by atoms with van der Waals surface area (Å²) in [5, 5.41) is 12.7. The summed E-state index contributed by atoms with van der Waals surface area (Å²) < 4.78 is 10.2. The topological polar surface area (TPSA) is 97.4 Å². The Bertz CT molecular complexity index is 520. The number of hydrogen-bond acceptors (Lipinski definition) is 7. The number of esters is 1. The fraction of sp³-hybridized carbons (Fsp3) is 0.571. The minimum absolute atomic E-state index is 0.174. The van der Waals surface area contributed by atoms with E-state index in [0.29, 0.717) is 28.9 Å². The van der Waals surface area contributed by atoms with Crippen LogP contribution >= 0.6 is 11.3 Å². The van der Waals surface area contributed by atoms with Gasteiger partial charge < -0.3 is 20.5 Å². The van der Waals surface area contributed by atoms with Gasteiger partial charge in [-0.2, -0.15) is 5.26 Å². The molecule has 0 saturated carbocycles. The van der Waals surface area contributed by atoms with E-state index >= 15 is 0 Å². The number of carbonyl (C=O) groups is 1. The van der Waals surface area contributed by atoms with Crippen LogP contribution in [0.25, 0.3) is 0 Å². The summed E-state index contributed by atoms with van der Waals surface area (Å²) in [6.07, 6.45) is 0.799. The number of nitrogens with two attached hydrogens (primary N) is 1. The van der Waals surface area contributed by atoms with E-state index in [4.69, 9.17) is 20.5 Å². The van der Waals surface area contributed by atoms with Crippen molar-refractivity contribution in [2.45, 2.75) is 20.3 Å². The number of ether oxygens (including phenoxy) is 2. The first-order valence-electron chi connectivity index (χ1n) is 6.73. The van der Waals surface area contributed by atoms with Crippen LogP contribution in [0.15, 0.2) is 0 Å². The highest BCUT2D eigenvalue weighted by molar-refractivity contribution is 7.17. The maximum atomic E-state index is 11.7. The number of nitrogens with one attached hydrogen (secondary N) is 1. The fourth-order valence-corrected chi connectivity index (χ4v) is 2.58. The predicted molar refractivity (Wildman–Crippen MR) is 83.5 cm³/mol. The second-order valence-corrected chi connectivity index (χ2v) is 5.92. The molecule has 0 bridgehead atoms. The van der Waals surface area contributed by atoms with E-state index in [1.54, 1.807) is 0 Å². The summed E-state index contributed by atoms with van der Waals surface area (Å²) in [5.74, 6) is -0.0250. The Kier molecular flexibility index (Phi) is 6.99. The quantitative estimate of drug-likeness (QED) is 0.565. The van der Waals surface area contributed by atoms with Crippen molar-refractivity contribution in [2.24, 2.45) is 5.92 Å². The highest BCUT2D eigenvalue weighted by atomic mass is 32.1. The molecule has 1 aromatic heterocycles. The SMILES string of the molecule is COC(=O)c1c(NCCCOCC(C)C)sc(C#N)c1N. The summed E-state index contributed by atoms with van der Waals surface area (Å²) in [6.45, 7) is 6.20. The van der Waals surface area contributed by atoms with Crippen LogP contribution in [0.1, 0.15) is 35.5 Å². The monoisotopic (exact) mass is 311 g/mol. The lowest BCUT2D eigenvalue weighted by Crippen LogP contribution is -2.11. The fourth-order valence-electron chi connectivity index (χ4n) is 1.65. The average Bonchev–Trinajstić information content (AvgIpc) is 2.77. The number of hydrogen-bond donors (Lipinski definition) is 2. The minimum Gasteiger partial charge on any atom is -0.465 e. The first-order valence-corrected chi connectivity index (χ1v) is 7.55. The zero-order valence-electron chi connectivity index (χ0n) is 12.6. The molecular weight excluding hydrogens is 290 g/mol. The Hall–Kier alpha value is -1.78. The van der Waals surface area contributed by atoms with Gasteiger partial charge in [-0.3, -0.25) is 0 Å². The van der Waals surface area contributed by atoms with E-state index in [-0.39, 0.29) is 11.3 Å². The maximum Gasteiger partial charge on any atom is 0.343 e. The van der Waals surface area contributed by atoms with Crippen LogP contribution in [-0.2, 0) is 9.47 Å². The smallest absolute Gasteiger partial charge is 0.343 e. The summed E-state index contributed by atoms with van der Waals surface area (Å²) >= 11 is 1.16. The molecule has 1 rings (SSSR count). The van der Waals surface area contributed by atoms with Gasteiger partial charge in [-0.15, -0.1) is 11.3 Å². The molecule has 0 radical (unpaired) electrons. The van der Waals surface area contributed by atoms with Gasteiger partial charge in [0.25, 0.3) is 0 Å². The number of nitrogens with zero attached hydrogens (tertiary/aromatic N) is 1. The van der Waals surface area contributed by atoms with Gasteiger partial charge in [-0.25, -0.2) is 4.79 Å². The van der Waals surface area contributed by atoms with Crippen LogP contribution < -0.4 is 11.1 Å². The molecule has 0 atom stereocenters. The Balaban J connectivity index is 2.58. The van der Waals surface area contributed by atoms with E-state index in [2.05, 4.69) is 19.2 Å². The molecule has 1 heterocycles. The van der Waals surface area contributed by atoms with Crippen LogP contribution in [0, 0.1) is 17.2 Å². The number of thiophene rings is 1. The van der Waals surface area contributed by atoms with E-state index < -0.39 is 5.97 Å². The molecule has 0 spiro atoms. The largest absolute Gasteiger partial charge is 0.465 e.